The van der Waals surface area contributed by atoms with E-state index in [1.54, 1.807) is 6.26 Å². The van der Waals surface area contributed by atoms with E-state index in [-0.39, 0.29) is 6.29 Å². The topological polar surface area (TPSA) is 36.9 Å². The molecule has 0 saturated carbocycles. The van der Waals surface area contributed by atoms with Gasteiger partial charge in [-0.3, -0.25) is 0 Å². The van der Waals surface area contributed by atoms with Gasteiger partial charge >= 0.3 is 0 Å². The van der Waals surface area contributed by atoms with Crippen molar-refractivity contribution in [3.63, 3.8) is 0 Å². The maximum Gasteiger partial charge on any atom is 0.188 e. The Morgan fingerprint density at radius 1 is 0.474 bits per heavy atom. The molecule has 0 fully saturated rings. The van der Waals surface area contributed by atoms with Gasteiger partial charge in [0, 0.05) is 19.6 Å². The minimum absolute atomic E-state index is 0.0993. The second-order valence-corrected chi connectivity index (χ2v) is 11.0. The summed E-state index contributed by atoms with van der Waals surface area (Å²) >= 11 is 0. The fourth-order valence-electron chi connectivity index (χ4n) is 4.62. The summed E-state index contributed by atoms with van der Waals surface area (Å²) in [5.41, 5.74) is 0. The molecule has 0 N–H and O–H groups in total. The van der Waals surface area contributed by atoms with Gasteiger partial charge in [0.05, 0.1) is 12.9 Å². The molecule has 0 aliphatic heterocycles. The third-order valence-corrected chi connectivity index (χ3v) is 7.16. The van der Waals surface area contributed by atoms with Gasteiger partial charge < -0.3 is 18.9 Å². The van der Waals surface area contributed by atoms with Crippen molar-refractivity contribution in [2.75, 3.05) is 26.6 Å². The van der Waals surface area contributed by atoms with Crippen molar-refractivity contribution in [1.82, 2.24) is 0 Å². The number of ether oxygens (including phenoxy) is 4. The zero-order valence-corrected chi connectivity index (χ0v) is 26.2. The van der Waals surface area contributed by atoms with Gasteiger partial charge in [0.25, 0.3) is 0 Å². The molecule has 0 bridgehead atoms. The number of hydrogen-bond donors (Lipinski definition) is 0. The Bertz CT molecular complexity index is 418. The van der Waals surface area contributed by atoms with E-state index < -0.39 is 0 Å². The van der Waals surface area contributed by atoms with Gasteiger partial charge in [-0.2, -0.15) is 0 Å². The van der Waals surface area contributed by atoms with Gasteiger partial charge in [-0.05, 0) is 31.8 Å². The van der Waals surface area contributed by atoms with Crippen molar-refractivity contribution in [3.8, 4) is 0 Å². The van der Waals surface area contributed by atoms with E-state index in [0.29, 0.717) is 6.79 Å². The van der Waals surface area contributed by atoms with Crippen LogP contribution in [0.1, 0.15) is 175 Å². The van der Waals surface area contributed by atoms with Gasteiger partial charge in [0.15, 0.2) is 13.1 Å². The largest absolute Gasteiger partial charge is 0.475 e. The molecule has 228 valence electrons. The maximum atomic E-state index is 6.14. The number of allylic oxidation sites excluding steroid dienone is 1. The van der Waals surface area contributed by atoms with Crippen LogP contribution in [0.15, 0.2) is 12.3 Å². The molecule has 4 heteroatoms. The molecule has 0 atom stereocenters. The normalized spacial score (nSPS) is 11.8. The molecule has 4 nitrogen and oxygen atoms in total. The molecule has 0 unspecified atom stereocenters. The second kappa shape index (κ2) is 34.4. The monoisotopic (exact) mass is 541 g/mol. The smallest absolute Gasteiger partial charge is 0.188 e. The Balaban J connectivity index is 3.93. The Labute approximate surface area is 239 Å². The number of unbranched alkanes of at least 4 members (excludes halogenated alkanes) is 19. The Kier molecular flexibility index (Phi) is 33.9. The van der Waals surface area contributed by atoms with Crippen LogP contribution in [0.4, 0.5) is 0 Å². The van der Waals surface area contributed by atoms with Gasteiger partial charge in [0.2, 0.25) is 0 Å². The van der Waals surface area contributed by atoms with Gasteiger partial charge in [-0.1, -0.05) is 143 Å². The zero-order valence-electron chi connectivity index (χ0n) is 26.2. The fraction of sp³-hybridized carbons (Fsp3) is 0.941. The van der Waals surface area contributed by atoms with Crippen LogP contribution in [-0.2, 0) is 18.9 Å². The Morgan fingerprint density at radius 3 is 1.32 bits per heavy atom. The summed E-state index contributed by atoms with van der Waals surface area (Å²) in [5.74, 6) is 0. The first-order chi connectivity index (χ1) is 18.8. The van der Waals surface area contributed by atoms with Crippen molar-refractivity contribution < 1.29 is 18.9 Å². The molecule has 0 aromatic heterocycles. The van der Waals surface area contributed by atoms with Crippen LogP contribution in [0.25, 0.3) is 0 Å². The zero-order chi connectivity index (χ0) is 27.6. The molecule has 0 aromatic rings. The molecular formula is C34H68O4. The highest BCUT2D eigenvalue weighted by atomic mass is 16.7. The summed E-state index contributed by atoms with van der Waals surface area (Å²) in [4.78, 5) is 0. The van der Waals surface area contributed by atoms with Crippen LogP contribution in [-0.4, -0.2) is 32.9 Å². The van der Waals surface area contributed by atoms with E-state index in [0.717, 1.165) is 51.9 Å². The quantitative estimate of drug-likeness (QED) is 0.0471. The summed E-state index contributed by atoms with van der Waals surface area (Å²) in [5, 5.41) is 0. The highest BCUT2D eigenvalue weighted by Gasteiger charge is 2.08. The molecule has 0 saturated heterocycles. The Hall–Kier alpha value is -0.580. The van der Waals surface area contributed by atoms with Crippen LogP contribution in [0, 0.1) is 0 Å². The first kappa shape index (κ1) is 37.4. The Morgan fingerprint density at radius 2 is 0.868 bits per heavy atom. The van der Waals surface area contributed by atoms with E-state index >= 15 is 0 Å². The predicted octanol–water partition coefficient (Wildman–Crippen LogP) is 11.3. The van der Waals surface area contributed by atoms with Gasteiger partial charge in [-0.15, -0.1) is 0 Å². The number of hydrogen-bond acceptors (Lipinski definition) is 4. The predicted molar refractivity (Wildman–Crippen MR) is 165 cm³/mol. The van der Waals surface area contributed by atoms with Crippen molar-refractivity contribution >= 4 is 0 Å². The molecule has 0 aliphatic carbocycles. The molecular weight excluding hydrogens is 472 g/mol. The molecule has 0 heterocycles. The summed E-state index contributed by atoms with van der Waals surface area (Å²) in [7, 11) is 0. The first-order valence-electron chi connectivity index (χ1n) is 16.9. The lowest BCUT2D eigenvalue weighted by Gasteiger charge is -2.18. The van der Waals surface area contributed by atoms with Crippen LogP contribution >= 0.6 is 0 Å². The van der Waals surface area contributed by atoms with Gasteiger partial charge in [-0.25, -0.2) is 0 Å². The molecule has 38 heavy (non-hydrogen) atoms. The highest BCUT2D eigenvalue weighted by Crippen LogP contribution is 2.13. The fourth-order valence-corrected chi connectivity index (χ4v) is 4.62. The summed E-state index contributed by atoms with van der Waals surface area (Å²) < 4.78 is 23.4. The van der Waals surface area contributed by atoms with Crippen LogP contribution in [0.3, 0.4) is 0 Å². The van der Waals surface area contributed by atoms with Crippen molar-refractivity contribution in [2.24, 2.45) is 0 Å². The minimum Gasteiger partial charge on any atom is -0.475 e. The SMILES string of the molecule is CCCCCCCCCCOC(CCC=COCOCCCCCCCC)OCCCCCCCCCC. The molecule has 0 spiro atoms. The lowest BCUT2D eigenvalue weighted by atomic mass is 10.1. The van der Waals surface area contributed by atoms with E-state index in [1.165, 1.54) is 122 Å². The lowest BCUT2D eigenvalue weighted by Crippen LogP contribution is -2.18. The standard InChI is InChI=1S/C34H68O4/c1-4-7-10-13-16-18-21-25-31-37-34(38-32-26-22-19-17-14-11-8-5-2)28-23-27-30-36-33-35-29-24-20-15-12-9-6-3/h27,30,34H,4-26,28-29,31-33H2,1-3H3. The average molecular weight is 541 g/mol. The lowest BCUT2D eigenvalue weighted by molar-refractivity contribution is -0.146. The van der Waals surface area contributed by atoms with Crippen molar-refractivity contribution in [3.05, 3.63) is 12.3 Å². The van der Waals surface area contributed by atoms with E-state index in [9.17, 15) is 0 Å². The van der Waals surface area contributed by atoms with E-state index in [4.69, 9.17) is 18.9 Å². The molecule has 0 amide bonds. The summed E-state index contributed by atoms with van der Waals surface area (Å²) in [6.07, 6.45) is 34.4. The average Bonchev–Trinajstić information content (AvgIpc) is 2.93. The van der Waals surface area contributed by atoms with Crippen LogP contribution in [0.2, 0.25) is 0 Å². The third kappa shape index (κ3) is 31.6. The van der Waals surface area contributed by atoms with Crippen molar-refractivity contribution in [1.29, 1.82) is 0 Å². The van der Waals surface area contributed by atoms with Crippen molar-refractivity contribution in [2.45, 2.75) is 181 Å². The molecule has 0 aromatic carbocycles. The molecule has 0 aliphatic rings. The third-order valence-electron chi connectivity index (χ3n) is 7.16. The van der Waals surface area contributed by atoms with E-state index in [1.807, 2.05) is 0 Å². The van der Waals surface area contributed by atoms with E-state index in [2.05, 4.69) is 26.8 Å². The van der Waals surface area contributed by atoms with Crippen LogP contribution < -0.4 is 0 Å². The second-order valence-electron chi connectivity index (χ2n) is 11.0. The van der Waals surface area contributed by atoms with Crippen LogP contribution in [0.5, 0.6) is 0 Å². The minimum atomic E-state index is -0.0993. The summed E-state index contributed by atoms with van der Waals surface area (Å²) in [6, 6.07) is 0. The molecule has 0 rings (SSSR count). The first-order valence-corrected chi connectivity index (χ1v) is 16.9. The molecule has 0 radical (unpaired) electrons. The summed E-state index contributed by atoms with van der Waals surface area (Å²) in [6.45, 7) is 9.57. The maximum absolute atomic E-state index is 6.14. The number of rotatable bonds is 33. The highest BCUT2D eigenvalue weighted by molar-refractivity contribution is 4.73. The van der Waals surface area contributed by atoms with Gasteiger partial charge in [0.1, 0.15) is 0 Å².